The average molecular weight is 208 g/mol. The molecule has 1 aliphatic heterocycles. The number of ether oxygens (including phenoxy) is 1. The molecule has 1 aromatic carbocycles. The maximum atomic E-state index is 9.01. The van der Waals surface area contributed by atoms with Crippen molar-refractivity contribution >= 4 is 5.76 Å². The summed E-state index contributed by atoms with van der Waals surface area (Å²) in [7, 11) is 0. The summed E-state index contributed by atoms with van der Waals surface area (Å²) in [5.74, 6) is 0.544. The van der Waals surface area contributed by atoms with E-state index in [1.54, 1.807) is 0 Å². The van der Waals surface area contributed by atoms with E-state index in [1.165, 1.54) is 6.26 Å². The lowest BCUT2D eigenvalue weighted by Crippen LogP contribution is -2.00. The summed E-state index contributed by atoms with van der Waals surface area (Å²) in [5, 5.41) is 17.7. The molecule has 16 heavy (non-hydrogen) atoms. The maximum absolute atomic E-state index is 9.01. The molecule has 2 rings (SSSR count). The number of nitriles is 2. The summed E-state index contributed by atoms with van der Waals surface area (Å²) in [6.07, 6.45) is 1.75. The summed E-state index contributed by atoms with van der Waals surface area (Å²) < 4.78 is 5.34. The zero-order valence-electron chi connectivity index (χ0n) is 8.47. The Morgan fingerprint density at radius 2 is 1.81 bits per heavy atom. The first-order valence-corrected chi connectivity index (χ1v) is 4.79. The first-order chi connectivity index (χ1) is 7.85. The van der Waals surface area contributed by atoms with Gasteiger partial charge in [0.05, 0.1) is 23.3 Å². The molecular weight excluding hydrogens is 200 g/mol. The van der Waals surface area contributed by atoms with E-state index >= 15 is 0 Å². The fourth-order valence-corrected chi connectivity index (χ4v) is 1.50. The normalized spacial score (nSPS) is 14.5. The second-order valence-electron chi connectivity index (χ2n) is 3.34. The predicted octanol–water partition coefficient (Wildman–Crippen LogP) is 2.75. The molecule has 1 aliphatic rings. The molecule has 0 spiro atoms. The molecule has 0 amide bonds. The number of benzene rings is 1. The van der Waals surface area contributed by atoms with Crippen molar-refractivity contribution in [1.29, 1.82) is 10.5 Å². The molecule has 1 aromatic rings. The highest BCUT2D eigenvalue weighted by Crippen LogP contribution is 2.28. The van der Waals surface area contributed by atoms with Gasteiger partial charge in [-0.3, -0.25) is 0 Å². The molecule has 0 saturated heterocycles. The van der Waals surface area contributed by atoms with Crippen LogP contribution in [0.15, 0.2) is 47.7 Å². The molecule has 3 heteroatoms. The molecular formula is C13H8N2O. The Morgan fingerprint density at radius 1 is 1.06 bits per heavy atom. The molecule has 3 nitrogen and oxygen atoms in total. The van der Waals surface area contributed by atoms with Crippen molar-refractivity contribution in [3.8, 4) is 12.1 Å². The smallest absolute Gasteiger partial charge is 0.147 e. The van der Waals surface area contributed by atoms with Crippen LogP contribution in [0.3, 0.4) is 0 Å². The molecule has 0 atom stereocenters. The summed E-state index contributed by atoms with van der Waals surface area (Å²) in [4.78, 5) is 0. The number of hydrogen-bond acceptors (Lipinski definition) is 3. The van der Waals surface area contributed by atoms with Crippen LogP contribution in [-0.4, -0.2) is 0 Å². The summed E-state index contributed by atoms with van der Waals surface area (Å²) >= 11 is 0. The average Bonchev–Trinajstić information content (AvgIpc) is 2.39. The summed E-state index contributed by atoms with van der Waals surface area (Å²) in [6, 6.07) is 13.5. The number of nitrogens with zero attached hydrogens (tertiary/aromatic N) is 2. The van der Waals surface area contributed by atoms with Gasteiger partial charge in [-0.1, -0.05) is 30.3 Å². The minimum Gasteiger partial charge on any atom is -0.462 e. The molecule has 0 fully saturated rings. The first-order valence-electron chi connectivity index (χ1n) is 4.79. The van der Waals surface area contributed by atoms with Crippen LogP contribution in [0.1, 0.15) is 12.0 Å². The lowest BCUT2D eigenvalue weighted by atomic mass is 10.0. The van der Waals surface area contributed by atoms with Gasteiger partial charge in [-0.15, -0.1) is 0 Å². The fourth-order valence-electron chi connectivity index (χ4n) is 1.50. The van der Waals surface area contributed by atoms with E-state index in [-0.39, 0.29) is 0 Å². The van der Waals surface area contributed by atoms with Gasteiger partial charge in [0.25, 0.3) is 0 Å². The molecule has 0 aliphatic carbocycles. The second kappa shape index (κ2) is 4.33. The van der Waals surface area contributed by atoms with Gasteiger partial charge >= 0.3 is 0 Å². The third kappa shape index (κ3) is 1.80. The topological polar surface area (TPSA) is 56.8 Å². The number of hydrogen-bond donors (Lipinski definition) is 0. The van der Waals surface area contributed by atoms with E-state index in [9.17, 15) is 0 Å². The van der Waals surface area contributed by atoms with E-state index in [0.717, 1.165) is 5.56 Å². The third-order valence-electron chi connectivity index (χ3n) is 2.27. The monoisotopic (exact) mass is 208 g/mol. The minimum absolute atomic E-state index is 0.344. The third-order valence-corrected chi connectivity index (χ3v) is 2.27. The van der Waals surface area contributed by atoms with Crippen LogP contribution >= 0.6 is 0 Å². The zero-order valence-corrected chi connectivity index (χ0v) is 8.47. The van der Waals surface area contributed by atoms with Crippen molar-refractivity contribution < 1.29 is 4.74 Å². The van der Waals surface area contributed by atoms with Gasteiger partial charge in [-0.2, -0.15) is 10.5 Å². The van der Waals surface area contributed by atoms with E-state index in [4.69, 9.17) is 15.3 Å². The predicted molar refractivity (Wildman–Crippen MR) is 58.4 cm³/mol. The Hall–Kier alpha value is -2.52. The first kappa shape index (κ1) is 10.0. The van der Waals surface area contributed by atoms with Crippen LogP contribution in [0.4, 0.5) is 0 Å². The summed E-state index contributed by atoms with van der Waals surface area (Å²) in [6.45, 7) is 0. The van der Waals surface area contributed by atoms with Gasteiger partial charge in [0.1, 0.15) is 12.0 Å². The van der Waals surface area contributed by atoms with Crippen LogP contribution < -0.4 is 0 Å². The van der Waals surface area contributed by atoms with Crippen LogP contribution in [-0.2, 0) is 4.74 Å². The number of allylic oxidation sites excluding steroid dienone is 2. The Labute approximate surface area is 93.5 Å². The van der Waals surface area contributed by atoms with Crippen molar-refractivity contribution in [3.05, 3.63) is 53.3 Å². The molecule has 0 aromatic heterocycles. The molecule has 76 valence electrons. The van der Waals surface area contributed by atoms with E-state index in [1.807, 2.05) is 36.4 Å². The van der Waals surface area contributed by atoms with Crippen LogP contribution in [0.25, 0.3) is 5.76 Å². The molecule has 1 heterocycles. The highest BCUT2D eigenvalue weighted by Gasteiger charge is 2.17. The fraction of sp³-hybridized carbons (Fsp3) is 0.0769. The van der Waals surface area contributed by atoms with Gasteiger partial charge in [0.2, 0.25) is 0 Å². The minimum atomic E-state index is 0.344. The highest BCUT2D eigenvalue weighted by molar-refractivity contribution is 5.69. The van der Waals surface area contributed by atoms with Crippen molar-refractivity contribution in [2.75, 3.05) is 0 Å². The summed E-state index contributed by atoms with van der Waals surface area (Å²) in [5.41, 5.74) is 1.81. The number of rotatable bonds is 1. The lowest BCUT2D eigenvalue weighted by molar-refractivity contribution is 0.421. The standard InChI is InChI=1S/C13H8N2O/c14-7-10-6-12(8-15)13(16-9-10)11-4-2-1-3-5-11/h1-5,9H,6H2. The van der Waals surface area contributed by atoms with E-state index in [0.29, 0.717) is 23.3 Å². The second-order valence-corrected chi connectivity index (χ2v) is 3.34. The highest BCUT2D eigenvalue weighted by atomic mass is 16.5. The Morgan fingerprint density at radius 3 is 2.44 bits per heavy atom. The van der Waals surface area contributed by atoms with Gasteiger partial charge in [0.15, 0.2) is 0 Å². The van der Waals surface area contributed by atoms with Crippen molar-refractivity contribution in [2.24, 2.45) is 0 Å². The van der Waals surface area contributed by atoms with Crippen LogP contribution in [0.5, 0.6) is 0 Å². The van der Waals surface area contributed by atoms with Crippen LogP contribution in [0, 0.1) is 22.7 Å². The lowest BCUT2D eigenvalue weighted by Gasteiger charge is -2.14. The Kier molecular flexibility index (Phi) is 2.71. The Bertz CT molecular complexity index is 542. The van der Waals surface area contributed by atoms with E-state index in [2.05, 4.69) is 6.07 Å². The molecule has 0 unspecified atom stereocenters. The SMILES string of the molecule is N#CC1=COC(c2ccccc2)=C(C#N)C1. The van der Waals surface area contributed by atoms with Crippen molar-refractivity contribution in [3.63, 3.8) is 0 Å². The van der Waals surface area contributed by atoms with Crippen molar-refractivity contribution in [2.45, 2.75) is 6.42 Å². The Balaban J connectivity index is 2.40. The molecule has 0 bridgehead atoms. The molecule has 0 radical (unpaired) electrons. The zero-order chi connectivity index (χ0) is 11.4. The van der Waals surface area contributed by atoms with E-state index < -0.39 is 0 Å². The molecule has 0 saturated carbocycles. The molecule has 0 N–H and O–H groups in total. The largest absolute Gasteiger partial charge is 0.462 e. The van der Waals surface area contributed by atoms with Gasteiger partial charge in [0, 0.05) is 12.0 Å². The van der Waals surface area contributed by atoms with Crippen LogP contribution in [0.2, 0.25) is 0 Å². The van der Waals surface area contributed by atoms with Gasteiger partial charge < -0.3 is 4.74 Å². The van der Waals surface area contributed by atoms with Gasteiger partial charge in [-0.05, 0) is 0 Å². The maximum Gasteiger partial charge on any atom is 0.147 e. The van der Waals surface area contributed by atoms with Crippen molar-refractivity contribution in [1.82, 2.24) is 0 Å². The van der Waals surface area contributed by atoms with Gasteiger partial charge in [-0.25, -0.2) is 0 Å². The quantitative estimate of drug-likeness (QED) is 0.713.